The van der Waals surface area contributed by atoms with Crippen molar-refractivity contribution >= 4 is 27.5 Å². The molecule has 5 nitrogen and oxygen atoms in total. The molecule has 0 saturated carbocycles. The first-order valence-corrected chi connectivity index (χ1v) is 11.8. The van der Waals surface area contributed by atoms with Crippen LogP contribution in [0.25, 0.3) is 0 Å². The third-order valence-electron chi connectivity index (χ3n) is 5.97. The fourth-order valence-electron chi connectivity index (χ4n) is 4.04. The molecule has 2 aromatic rings. The fraction of sp³-hybridized carbons (Fsp3) is 0.409. The second-order valence-electron chi connectivity index (χ2n) is 7.97. The number of piperidine rings is 1. The molecular formula is C22H25ClN2O3S. The monoisotopic (exact) mass is 432 g/mol. The minimum atomic E-state index is -3.63. The molecule has 29 heavy (non-hydrogen) atoms. The minimum Gasteiger partial charge on any atom is -0.334 e. The highest BCUT2D eigenvalue weighted by atomic mass is 35.5. The second-order valence-corrected chi connectivity index (χ2v) is 10.3. The molecule has 2 aliphatic heterocycles. The average molecular weight is 433 g/mol. The van der Waals surface area contributed by atoms with Crippen molar-refractivity contribution in [2.75, 3.05) is 19.6 Å². The van der Waals surface area contributed by atoms with Crippen molar-refractivity contribution in [1.29, 1.82) is 0 Å². The molecule has 0 aliphatic carbocycles. The zero-order valence-corrected chi connectivity index (χ0v) is 18.0. The molecule has 0 spiro atoms. The standard InChI is InChI=1S/C22H25ClN2O3S/c1-16-8-12-25(13-9-16)29(27,28)19-6-7-21(23)20(14-19)22(26)24-11-10-17-4-2-3-5-18(17)15-24/h2-7,14,16H,8-13,15H2,1H3. The van der Waals surface area contributed by atoms with Crippen LogP contribution in [0.4, 0.5) is 0 Å². The van der Waals surface area contributed by atoms with Gasteiger partial charge in [-0.15, -0.1) is 0 Å². The zero-order chi connectivity index (χ0) is 20.6. The number of benzene rings is 2. The number of carbonyl (C=O) groups excluding carboxylic acids is 1. The Balaban J connectivity index is 1.60. The third kappa shape index (κ3) is 4.06. The van der Waals surface area contributed by atoms with E-state index < -0.39 is 10.0 Å². The van der Waals surface area contributed by atoms with E-state index in [0.717, 1.165) is 24.8 Å². The Hall–Kier alpha value is -1.89. The Morgan fingerprint density at radius 1 is 1.03 bits per heavy atom. The van der Waals surface area contributed by atoms with E-state index in [-0.39, 0.29) is 21.4 Å². The molecule has 2 aliphatic rings. The first-order chi connectivity index (χ1) is 13.9. The van der Waals surface area contributed by atoms with Gasteiger partial charge >= 0.3 is 0 Å². The molecule has 0 N–H and O–H groups in total. The van der Waals surface area contributed by atoms with Crippen LogP contribution in [-0.4, -0.2) is 43.2 Å². The first-order valence-electron chi connectivity index (χ1n) is 10.0. The van der Waals surface area contributed by atoms with Gasteiger partial charge in [-0.05, 0) is 54.5 Å². The summed E-state index contributed by atoms with van der Waals surface area (Å²) in [5, 5.41) is 0.278. The molecule has 2 heterocycles. The number of rotatable bonds is 3. The van der Waals surface area contributed by atoms with E-state index in [1.54, 1.807) is 4.90 Å². The van der Waals surface area contributed by atoms with Crippen LogP contribution < -0.4 is 0 Å². The van der Waals surface area contributed by atoms with Gasteiger partial charge in [0.1, 0.15) is 0 Å². The van der Waals surface area contributed by atoms with Crippen LogP contribution in [0.5, 0.6) is 0 Å². The highest BCUT2D eigenvalue weighted by molar-refractivity contribution is 7.89. The van der Waals surface area contributed by atoms with Gasteiger partial charge in [-0.2, -0.15) is 4.31 Å². The predicted octanol–water partition coefficient (Wildman–Crippen LogP) is 3.96. The van der Waals surface area contributed by atoms with Crippen LogP contribution >= 0.6 is 11.6 Å². The fourth-order valence-corrected chi connectivity index (χ4v) is 5.74. The van der Waals surface area contributed by atoms with Crippen molar-refractivity contribution in [2.24, 2.45) is 5.92 Å². The lowest BCUT2D eigenvalue weighted by atomic mass is 9.99. The van der Waals surface area contributed by atoms with Gasteiger partial charge in [0, 0.05) is 26.2 Å². The molecule has 1 amide bonds. The van der Waals surface area contributed by atoms with Crippen LogP contribution in [0.15, 0.2) is 47.4 Å². The number of amides is 1. The molecule has 4 rings (SSSR count). The predicted molar refractivity (Wildman–Crippen MR) is 113 cm³/mol. The molecule has 154 valence electrons. The molecule has 2 aromatic carbocycles. The van der Waals surface area contributed by atoms with Gasteiger partial charge in [0.15, 0.2) is 0 Å². The van der Waals surface area contributed by atoms with Crippen LogP contribution in [-0.2, 0) is 23.0 Å². The number of hydrogen-bond acceptors (Lipinski definition) is 3. The normalized spacial score (nSPS) is 18.5. The lowest BCUT2D eigenvalue weighted by molar-refractivity contribution is 0.0734. The van der Waals surface area contributed by atoms with Gasteiger partial charge < -0.3 is 4.90 Å². The Kier molecular flexibility index (Phi) is 5.69. The molecule has 1 saturated heterocycles. The summed E-state index contributed by atoms with van der Waals surface area (Å²) < 4.78 is 27.7. The maximum absolute atomic E-state index is 13.2. The van der Waals surface area contributed by atoms with Crippen molar-refractivity contribution < 1.29 is 13.2 Å². The summed E-state index contributed by atoms with van der Waals surface area (Å²) in [5.41, 5.74) is 2.62. The largest absolute Gasteiger partial charge is 0.334 e. The summed E-state index contributed by atoms with van der Waals surface area (Å²) in [6.45, 7) is 4.26. The molecule has 0 atom stereocenters. The Bertz CT molecular complexity index is 1030. The van der Waals surface area contributed by atoms with Crippen LogP contribution in [0.2, 0.25) is 5.02 Å². The molecule has 7 heteroatoms. The number of fused-ring (bicyclic) bond motifs is 1. The maximum Gasteiger partial charge on any atom is 0.255 e. The third-order valence-corrected chi connectivity index (χ3v) is 8.19. The van der Waals surface area contributed by atoms with Crippen molar-refractivity contribution in [1.82, 2.24) is 9.21 Å². The van der Waals surface area contributed by atoms with Crippen molar-refractivity contribution in [3.8, 4) is 0 Å². The second kappa shape index (κ2) is 8.09. The van der Waals surface area contributed by atoms with Crippen molar-refractivity contribution in [2.45, 2.75) is 37.6 Å². The van der Waals surface area contributed by atoms with Gasteiger partial charge in [-0.1, -0.05) is 42.8 Å². The molecule has 0 bridgehead atoms. The smallest absolute Gasteiger partial charge is 0.255 e. The average Bonchev–Trinajstić information content (AvgIpc) is 2.73. The highest BCUT2D eigenvalue weighted by Crippen LogP contribution is 2.28. The lowest BCUT2D eigenvalue weighted by Crippen LogP contribution is -2.38. The summed E-state index contributed by atoms with van der Waals surface area (Å²) in [6.07, 6.45) is 2.49. The van der Waals surface area contributed by atoms with Gasteiger partial charge in [0.2, 0.25) is 10.0 Å². The Labute approximate surface area is 177 Å². The summed E-state index contributed by atoms with van der Waals surface area (Å²) >= 11 is 6.31. The van der Waals surface area contributed by atoms with Gasteiger partial charge in [0.05, 0.1) is 15.5 Å². The summed E-state index contributed by atoms with van der Waals surface area (Å²) in [5.74, 6) is 0.305. The van der Waals surface area contributed by atoms with Crippen LogP contribution in [0.1, 0.15) is 41.3 Å². The molecule has 0 aromatic heterocycles. The quantitative estimate of drug-likeness (QED) is 0.737. The molecule has 0 unspecified atom stereocenters. The van der Waals surface area contributed by atoms with E-state index >= 15 is 0 Å². The van der Waals surface area contributed by atoms with E-state index in [2.05, 4.69) is 13.0 Å². The lowest BCUT2D eigenvalue weighted by Gasteiger charge is -2.30. The summed E-state index contributed by atoms with van der Waals surface area (Å²) in [7, 11) is -3.63. The van der Waals surface area contributed by atoms with E-state index in [0.29, 0.717) is 32.1 Å². The van der Waals surface area contributed by atoms with Crippen molar-refractivity contribution in [3.63, 3.8) is 0 Å². The van der Waals surface area contributed by atoms with Crippen LogP contribution in [0.3, 0.4) is 0 Å². The SMILES string of the molecule is CC1CCN(S(=O)(=O)c2ccc(Cl)c(C(=O)N3CCc4ccccc4C3)c2)CC1. The molecule has 1 fully saturated rings. The van der Waals surface area contributed by atoms with Gasteiger partial charge in [-0.3, -0.25) is 4.79 Å². The molecule has 0 radical (unpaired) electrons. The minimum absolute atomic E-state index is 0.136. The Morgan fingerprint density at radius 3 is 2.45 bits per heavy atom. The number of halogens is 1. The molecular weight excluding hydrogens is 408 g/mol. The van der Waals surface area contributed by atoms with Gasteiger partial charge in [-0.25, -0.2) is 8.42 Å². The van der Waals surface area contributed by atoms with E-state index in [4.69, 9.17) is 11.6 Å². The first kappa shape index (κ1) is 20.4. The number of carbonyl (C=O) groups is 1. The zero-order valence-electron chi connectivity index (χ0n) is 16.5. The van der Waals surface area contributed by atoms with E-state index in [9.17, 15) is 13.2 Å². The topological polar surface area (TPSA) is 57.7 Å². The highest BCUT2D eigenvalue weighted by Gasteiger charge is 2.30. The number of nitrogens with zero attached hydrogens (tertiary/aromatic N) is 2. The van der Waals surface area contributed by atoms with Crippen LogP contribution in [0, 0.1) is 5.92 Å². The van der Waals surface area contributed by atoms with E-state index in [1.807, 2.05) is 18.2 Å². The summed E-state index contributed by atoms with van der Waals surface area (Å²) in [4.78, 5) is 15.0. The van der Waals surface area contributed by atoms with Crippen molar-refractivity contribution in [3.05, 3.63) is 64.2 Å². The number of hydrogen-bond donors (Lipinski definition) is 0. The Morgan fingerprint density at radius 2 is 1.72 bits per heavy atom. The summed E-state index contributed by atoms with van der Waals surface area (Å²) in [6, 6.07) is 12.5. The van der Waals surface area contributed by atoms with Gasteiger partial charge in [0.25, 0.3) is 5.91 Å². The maximum atomic E-state index is 13.2. The number of sulfonamides is 1. The van der Waals surface area contributed by atoms with E-state index in [1.165, 1.54) is 28.1 Å².